The number of hydrogen-bond donors (Lipinski definition) is 1. The Labute approximate surface area is 146 Å². The van der Waals surface area contributed by atoms with Crippen molar-refractivity contribution < 1.29 is 4.79 Å². The van der Waals surface area contributed by atoms with Crippen LogP contribution in [-0.2, 0) is 0 Å². The van der Waals surface area contributed by atoms with Crippen LogP contribution >= 0.6 is 23.5 Å². The molecule has 0 saturated carbocycles. The van der Waals surface area contributed by atoms with Crippen LogP contribution in [0.2, 0.25) is 0 Å². The molecule has 0 aliphatic carbocycles. The first-order chi connectivity index (χ1) is 11.1. The number of H-pyrrole nitrogens is 1. The Morgan fingerprint density at radius 2 is 1.83 bits per heavy atom. The second-order valence-electron chi connectivity index (χ2n) is 6.23. The number of carbonyl (C=O) groups is 1. The summed E-state index contributed by atoms with van der Waals surface area (Å²) in [6, 6.07) is 9.64. The minimum Gasteiger partial charge on any atom is -0.361 e. The Hall–Kier alpha value is -1.13. The molecule has 0 atom stereocenters. The lowest BCUT2D eigenvalue weighted by Gasteiger charge is -2.23. The lowest BCUT2D eigenvalue weighted by atomic mass is 9.97. The Kier molecular flexibility index (Phi) is 5.22. The van der Waals surface area contributed by atoms with E-state index in [-0.39, 0.29) is 5.78 Å². The smallest absolute Gasteiger partial charge is 0.195 e. The number of thioether (sulfide) groups is 2. The Bertz CT molecular complexity index is 685. The van der Waals surface area contributed by atoms with Gasteiger partial charge in [-0.1, -0.05) is 44.2 Å². The molecule has 1 aliphatic rings. The molecule has 0 unspecified atom stereocenters. The average Bonchev–Trinajstić information content (AvgIpc) is 2.93. The molecule has 1 N–H and O–H groups in total. The lowest BCUT2D eigenvalue weighted by molar-refractivity contribution is 0.103. The van der Waals surface area contributed by atoms with Gasteiger partial charge in [0, 0.05) is 28.1 Å². The monoisotopic (exact) mass is 345 g/mol. The fourth-order valence-electron chi connectivity index (χ4n) is 3.05. The number of hydrogen-bond acceptors (Lipinski definition) is 3. The number of benzene rings is 1. The van der Waals surface area contributed by atoms with Crippen molar-refractivity contribution in [3.63, 3.8) is 0 Å². The Morgan fingerprint density at radius 3 is 2.43 bits per heavy atom. The van der Waals surface area contributed by atoms with Gasteiger partial charge in [0.05, 0.1) is 4.58 Å². The summed E-state index contributed by atoms with van der Waals surface area (Å²) in [5, 5.41) is 0. The van der Waals surface area contributed by atoms with Crippen molar-refractivity contribution in [2.75, 3.05) is 11.5 Å². The van der Waals surface area contributed by atoms with Gasteiger partial charge in [-0.25, -0.2) is 0 Å². The molecule has 2 nitrogen and oxygen atoms in total. The third kappa shape index (κ3) is 3.38. The molecule has 0 amide bonds. The van der Waals surface area contributed by atoms with Crippen molar-refractivity contribution in [3.05, 3.63) is 58.4 Å². The van der Waals surface area contributed by atoms with Crippen LogP contribution in [-0.4, -0.2) is 22.3 Å². The van der Waals surface area contributed by atoms with Gasteiger partial charge in [0.15, 0.2) is 5.78 Å². The molecular formula is C19H23NOS2. The van der Waals surface area contributed by atoms with E-state index in [1.807, 2.05) is 60.8 Å². The van der Waals surface area contributed by atoms with E-state index in [1.54, 1.807) is 0 Å². The van der Waals surface area contributed by atoms with Crippen LogP contribution in [0.25, 0.3) is 0 Å². The molecule has 1 aromatic carbocycles. The van der Waals surface area contributed by atoms with Gasteiger partial charge in [0.25, 0.3) is 0 Å². The largest absolute Gasteiger partial charge is 0.361 e. The zero-order valence-corrected chi connectivity index (χ0v) is 15.5. The highest BCUT2D eigenvalue weighted by atomic mass is 32.2. The van der Waals surface area contributed by atoms with Crippen LogP contribution < -0.4 is 0 Å². The molecule has 2 aromatic rings. The highest BCUT2D eigenvalue weighted by Gasteiger charge is 2.30. The van der Waals surface area contributed by atoms with E-state index in [4.69, 9.17) is 0 Å². The molecule has 0 spiro atoms. The molecule has 4 heteroatoms. The third-order valence-electron chi connectivity index (χ3n) is 4.16. The summed E-state index contributed by atoms with van der Waals surface area (Å²) in [5.41, 5.74) is 5.14. The number of aromatic nitrogens is 1. The van der Waals surface area contributed by atoms with E-state index >= 15 is 0 Å². The fourth-order valence-corrected chi connectivity index (χ4v) is 6.07. The molecular weight excluding hydrogens is 322 g/mol. The number of rotatable bonds is 4. The van der Waals surface area contributed by atoms with Crippen LogP contribution in [0.15, 0.2) is 30.3 Å². The quantitative estimate of drug-likeness (QED) is 0.738. The summed E-state index contributed by atoms with van der Waals surface area (Å²) in [4.78, 5) is 16.6. The number of aromatic amines is 1. The van der Waals surface area contributed by atoms with Gasteiger partial charge in [-0.05, 0) is 30.8 Å². The predicted molar refractivity (Wildman–Crippen MR) is 102 cm³/mol. The van der Waals surface area contributed by atoms with Gasteiger partial charge in [-0.15, -0.1) is 23.5 Å². The average molecular weight is 346 g/mol. The summed E-state index contributed by atoms with van der Waals surface area (Å²) < 4.78 is 0.369. The SMILES string of the molecule is Cc1[nH]c(C(C)C)c(C2SCCCS2)c1C(=O)c1ccccc1. The van der Waals surface area contributed by atoms with Crippen molar-refractivity contribution in [2.24, 2.45) is 0 Å². The molecule has 122 valence electrons. The standard InChI is InChI=1S/C19H23NOS2/c1-12(2)17-16(19-22-10-7-11-23-19)15(13(3)20-17)18(21)14-8-5-4-6-9-14/h4-6,8-9,12,19-20H,7,10-11H2,1-3H3. The number of nitrogens with one attached hydrogen (secondary N) is 1. The summed E-state index contributed by atoms with van der Waals surface area (Å²) in [7, 11) is 0. The van der Waals surface area contributed by atoms with Crippen LogP contribution in [0, 0.1) is 6.92 Å². The van der Waals surface area contributed by atoms with E-state index in [9.17, 15) is 4.79 Å². The maximum Gasteiger partial charge on any atom is 0.195 e. The second-order valence-corrected chi connectivity index (χ2v) is 8.95. The number of ketones is 1. The van der Waals surface area contributed by atoms with E-state index in [0.29, 0.717) is 10.5 Å². The summed E-state index contributed by atoms with van der Waals surface area (Å²) in [6.07, 6.45) is 1.26. The maximum atomic E-state index is 13.1. The highest BCUT2D eigenvalue weighted by Crippen LogP contribution is 2.48. The molecule has 3 rings (SSSR count). The van der Waals surface area contributed by atoms with Crippen LogP contribution in [0.3, 0.4) is 0 Å². The first-order valence-electron chi connectivity index (χ1n) is 8.15. The second kappa shape index (κ2) is 7.18. The highest BCUT2D eigenvalue weighted by molar-refractivity contribution is 8.16. The predicted octanol–water partition coefficient (Wildman–Crippen LogP) is 5.55. The summed E-state index contributed by atoms with van der Waals surface area (Å²) in [5.74, 6) is 2.90. The topological polar surface area (TPSA) is 32.9 Å². The molecule has 1 aromatic heterocycles. The Morgan fingerprint density at radius 1 is 1.17 bits per heavy atom. The van der Waals surface area contributed by atoms with Crippen molar-refractivity contribution in [3.8, 4) is 0 Å². The number of carbonyl (C=O) groups excluding carboxylic acids is 1. The van der Waals surface area contributed by atoms with Gasteiger partial charge in [-0.2, -0.15) is 0 Å². The third-order valence-corrected chi connectivity index (χ3v) is 7.10. The molecule has 23 heavy (non-hydrogen) atoms. The van der Waals surface area contributed by atoms with Gasteiger partial charge in [0.2, 0.25) is 0 Å². The zero-order valence-electron chi connectivity index (χ0n) is 13.9. The Balaban J connectivity index is 2.10. The van der Waals surface area contributed by atoms with Crippen LogP contribution in [0.1, 0.15) is 63.6 Å². The minimum absolute atomic E-state index is 0.146. The first-order valence-corrected chi connectivity index (χ1v) is 10.2. The van der Waals surface area contributed by atoms with Crippen molar-refractivity contribution in [1.29, 1.82) is 0 Å². The van der Waals surface area contributed by atoms with E-state index in [0.717, 1.165) is 16.8 Å². The molecule has 2 heterocycles. The van der Waals surface area contributed by atoms with Crippen molar-refractivity contribution in [1.82, 2.24) is 4.98 Å². The number of aryl methyl sites for hydroxylation is 1. The zero-order chi connectivity index (χ0) is 16.4. The van der Waals surface area contributed by atoms with Gasteiger partial charge in [0.1, 0.15) is 0 Å². The molecule has 1 saturated heterocycles. The molecule has 0 radical (unpaired) electrons. The van der Waals surface area contributed by atoms with Gasteiger partial charge in [-0.3, -0.25) is 4.79 Å². The minimum atomic E-state index is 0.146. The van der Waals surface area contributed by atoms with Crippen molar-refractivity contribution >= 4 is 29.3 Å². The normalized spacial score (nSPS) is 16.0. The maximum absolute atomic E-state index is 13.1. The van der Waals surface area contributed by atoms with E-state index in [1.165, 1.54) is 29.2 Å². The molecule has 1 fully saturated rings. The summed E-state index contributed by atoms with van der Waals surface area (Å²) >= 11 is 3.96. The van der Waals surface area contributed by atoms with E-state index in [2.05, 4.69) is 18.8 Å². The molecule has 1 aliphatic heterocycles. The van der Waals surface area contributed by atoms with Gasteiger partial charge < -0.3 is 4.98 Å². The fraction of sp³-hybridized carbons (Fsp3) is 0.421. The molecule has 0 bridgehead atoms. The van der Waals surface area contributed by atoms with E-state index < -0.39 is 0 Å². The lowest BCUT2D eigenvalue weighted by Crippen LogP contribution is -2.10. The van der Waals surface area contributed by atoms with Gasteiger partial charge >= 0.3 is 0 Å². The van der Waals surface area contributed by atoms with Crippen molar-refractivity contribution in [2.45, 2.75) is 37.7 Å². The van der Waals surface area contributed by atoms with Crippen LogP contribution in [0.5, 0.6) is 0 Å². The summed E-state index contributed by atoms with van der Waals surface area (Å²) in [6.45, 7) is 6.43. The first kappa shape index (κ1) is 16.7. The van der Waals surface area contributed by atoms with Crippen LogP contribution in [0.4, 0.5) is 0 Å².